The molecule has 5 nitrogen and oxygen atoms in total. The number of aliphatic hydroxyl groups is 1. The van der Waals surface area contributed by atoms with Crippen molar-refractivity contribution in [3.8, 4) is 5.75 Å². The molecule has 1 aromatic carbocycles. The molecule has 0 saturated carbocycles. The molecule has 1 aliphatic rings. The Balaban J connectivity index is 2.00. The normalized spacial score (nSPS) is 21.8. The van der Waals surface area contributed by atoms with Gasteiger partial charge in [-0.25, -0.2) is 0 Å². The zero-order chi connectivity index (χ0) is 14.5. The molecule has 5 heteroatoms. The molecule has 0 fully saturated rings. The van der Waals surface area contributed by atoms with E-state index in [2.05, 4.69) is 5.32 Å². The van der Waals surface area contributed by atoms with Gasteiger partial charge >= 0.3 is 0 Å². The summed E-state index contributed by atoms with van der Waals surface area (Å²) in [6, 6.07) is 7.12. The van der Waals surface area contributed by atoms with Crippen LogP contribution in [-0.4, -0.2) is 49.2 Å². The van der Waals surface area contributed by atoms with Crippen LogP contribution in [0.5, 0.6) is 5.75 Å². The summed E-state index contributed by atoms with van der Waals surface area (Å²) in [6.07, 6.45) is 0.305. The van der Waals surface area contributed by atoms with Crippen LogP contribution in [0.2, 0.25) is 0 Å². The monoisotopic (exact) mass is 278 g/mol. The van der Waals surface area contributed by atoms with E-state index in [1.54, 1.807) is 0 Å². The van der Waals surface area contributed by atoms with Crippen LogP contribution in [0, 0.1) is 0 Å². The number of carbonyl (C=O) groups is 1. The van der Waals surface area contributed by atoms with Crippen molar-refractivity contribution in [1.29, 1.82) is 0 Å². The van der Waals surface area contributed by atoms with Gasteiger partial charge in [0.05, 0.1) is 12.6 Å². The Morgan fingerprint density at radius 3 is 2.95 bits per heavy atom. The molecule has 1 amide bonds. The maximum atomic E-state index is 11.9. The molecule has 1 aromatic rings. The Hall–Kier alpha value is -1.59. The number of nitrogens with zero attached hydrogens (tertiary/aromatic N) is 1. The standard InChI is InChI=1S/C15H22N2O3/c1-17(2)9-7-14(18)16-12-8-10-20-13-6-4-3-5-11(13)15(12)19/h3-6,12,15,19H,7-10H2,1-2H3,(H,16,18). The lowest BCUT2D eigenvalue weighted by Crippen LogP contribution is -2.40. The second-order valence-corrected chi connectivity index (χ2v) is 5.35. The molecule has 1 aliphatic heterocycles. The van der Waals surface area contributed by atoms with Gasteiger partial charge in [-0.3, -0.25) is 4.79 Å². The summed E-state index contributed by atoms with van der Waals surface area (Å²) in [7, 11) is 3.86. The summed E-state index contributed by atoms with van der Waals surface area (Å²) in [5, 5.41) is 13.3. The van der Waals surface area contributed by atoms with Crippen molar-refractivity contribution in [2.45, 2.75) is 25.0 Å². The maximum absolute atomic E-state index is 11.9. The lowest BCUT2D eigenvalue weighted by molar-refractivity contribution is -0.123. The third kappa shape index (κ3) is 3.71. The van der Waals surface area contributed by atoms with E-state index in [9.17, 15) is 9.90 Å². The Morgan fingerprint density at radius 1 is 1.45 bits per heavy atom. The molecule has 0 aliphatic carbocycles. The van der Waals surface area contributed by atoms with E-state index in [1.165, 1.54) is 0 Å². The zero-order valence-corrected chi connectivity index (χ0v) is 12.0. The van der Waals surface area contributed by atoms with E-state index in [0.29, 0.717) is 31.7 Å². The lowest BCUT2D eigenvalue weighted by atomic mass is 10.00. The van der Waals surface area contributed by atoms with E-state index >= 15 is 0 Å². The number of carbonyl (C=O) groups excluding carboxylic acids is 1. The number of hydrogen-bond donors (Lipinski definition) is 2. The average molecular weight is 278 g/mol. The summed E-state index contributed by atoms with van der Waals surface area (Å²) in [5.74, 6) is 0.659. The van der Waals surface area contributed by atoms with Crippen molar-refractivity contribution in [3.05, 3.63) is 29.8 Å². The summed E-state index contributed by atoms with van der Waals surface area (Å²) < 4.78 is 5.61. The van der Waals surface area contributed by atoms with Gasteiger partial charge in [0.15, 0.2) is 0 Å². The predicted octanol–water partition coefficient (Wildman–Crippen LogP) is 0.939. The van der Waals surface area contributed by atoms with Crippen LogP contribution in [0.4, 0.5) is 0 Å². The van der Waals surface area contributed by atoms with E-state index < -0.39 is 6.10 Å². The first kappa shape index (κ1) is 14.8. The van der Waals surface area contributed by atoms with Gasteiger partial charge in [-0.05, 0) is 20.2 Å². The number of amides is 1. The third-order valence-electron chi connectivity index (χ3n) is 3.44. The second-order valence-electron chi connectivity index (χ2n) is 5.35. The zero-order valence-electron chi connectivity index (χ0n) is 12.0. The molecule has 2 atom stereocenters. The molecule has 20 heavy (non-hydrogen) atoms. The van der Waals surface area contributed by atoms with Crippen molar-refractivity contribution in [2.24, 2.45) is 0 Å². The van der Waals surface area contributed by atoms with Gasteiger partial charge in [-0.15, -0.1) is 0 Å². The van der Waals surface area contributed by atoms with Gasteiger partial charge in [-0.2, -0.15) is 0 Å². The number of benzene rings is 1. The molecule has 0 spiro atoms. The summed E-state index contributed by atoms with van der Waals surface area (Å²) in [4.78, 5) is 13.9. The Morgan fingerprint density at radius 2 is 2.20 bits per heavy atom. The minimum Gasteiger partial charge on any atom is -0.493 e. The van der Waals surface area contributed by atoms with Crippen LogP contribution in [0.25, 0.3) is 0 Å². The van der Waals surface area contributed by atoms with E-state index in [1.807, 2.05) is 43.3 Å². The van der Waals surface area contributed by atoms with E-state index in [-0.39, 0.29) is 11.9 Å². The highest BCUT2D eigenvalue weighted by atomic mass is 16.5. The first-order chi connectivity index (χ1) is 9.58. The molecule has 110 valence electrons. The van der Waals surface area contributed by atoms with Gasteiger partial charge in [0.2, 0.25) is 5.91 Å². The number of aliphatic hydroxyl groups excluding tert-OH is 1. The van der Waals surface area contributed by atoms with Gasteiger partial charge in [0.25, 0.3) is 0 Å². The average Bonchev–Trinajstić information content (AvgIpc) is 2.58. The number of para-hydroxylation sites is 1. The van der Waals surface area contributed by atoms with Crippen LogP contribution in [0.3, 0.4) is 0 Å². The van der Waals surface area contributed by atoms with Crippen molar-refractivity contribution < 1.29 is 14.6 Å². The molecule has 0 aromatic heterocycles. The van der Waals surface area contributed by atoms with Gasteiger partial charge < -0.3 is 20.1 Å². The molecule has 0 saturated heterocycles. The SMILES string of the molecule is CN(C)CCC(=O)NC1CCOc2ccccc2C1O. The summed E-state index contributed by atoms with van der Waals surface area (Å²) >= 11 is 0. The van der Waals surface area contributed by atoms with Crippen LogP contribution in [-0.2, 0) is 4.79 Å². The van der Waals surface area contributed by atoms with Gasteiger partial charge in [-0.1, -0.05) is 18.2 Å². The lowest BCUT2D eigenvalue weighted by Gasteiger charge is -2.22. The number of hydrogen-bond acceptors (Lipinski definition) is 4. The fourth-order valence-electron chi connectivity index (χ4n) is 2.28. The maximum Gasteiger partial charge on any atom is 0.221 e. The Labute approximate surface area is 119 Å². The first-order valence-electron chi connectivity index (χ1n) is 6.92. The topological polar surface area (TPSA) is 61.8 Å². The highest BCUT2D eigenvalue weighted by Crippen LogP contribution is 2.31. The van der Waals surface area contributed by atoms with E-state index in [4.69, 9.17) is 4.74 Å². The molecule has 2 rings (SSSR count). The predicted molar refractivity (Wildman–Crippen MR) is 76.6 cm³/mol. The molecule has 1 heterocycles. The molecule has 0 radical (unpaired) electrons. The van der Waals surface area contributed by atoms with Crippen LogP contribution in [0.1, 0.15) is 24.5 Å². The second kappa shape index (κ2) is 6.72. The number of rotatable bonds is 4. The van der Waals surface area contributed by atoms with Crippen molar-refractivity contribution in [2.75, 3.05) is 27.2 Å². The largest absolute Gasteiger partial charge is 0.493 e. The quantitative estimate of drug-likeness (QED) is 0.860. The van der Waals surface area contributed by atoms with Crippen LogP contribution in [0.15, 0.2) is 24.3 Å². The molecule has 0 bridgehead atoms. The van der Waals surface area contributed by atoms with Crippen LogP contribution >= 0.6 is 0 Å². The fraction of sp³-hybridized carbons (Fsp3) is 0.533. The number of ether oxygens (including phenoxy) is 1. The van der Waals surface area contributed by atoms with Crippen molar-refractivity contribution in [3.63, 3.8) is 0 Å². The van der Waals surface area contributed by atoms with Crippen molar-refractivity contribution in [1.82, 2.24) is 10.2 Å². The highest BCUT2D eigenvalue weighted by molar-refractivity contribution is 5.76. The molecular formula is C15H22N2O3. The van der Waals surface area contributed by atoms with Crippen LogP contribution < -0.4 is 10.1 Å². The van der Waals surface area contributed by atoms with E-state index in [0.717, 1.165) is 5.56 Å². The van der Waals surface area contributed by atoms with Gasteiger partial charge in [0.1, 0.15) is 11.9 Å². The molecule has 2 N–H and O–H groups in total. The number of nitrogens with one attached hydrogen (secondary N) is 1. The van der Waals surface area contributed by atoms with Gasteiger partial charge in [0, 0.05) is 24.9 Å². The Kier molecular flexibility index (Phi) is 4.98. The molecular weight excluding hydrogens is 256 g/mol. The molecule has 2 unspecified atom stereocenters. The number of fused-ring (bicyclic) bond motifs is 1. The fourth-order valence-corrected chi connectivity index (χ4v) is 2.28. The minimum atomic E-state index is -0.725. The summed E-state index contributed by atoms with van der Waals surface area (Å²) in [5.41, 5.74) is 0.739. The highest BCUT2D eigenvalue weighted by Gasteiger charge is 2.27. The smallest absolute Gasteiger partial charge is 0.221 e. The first-order valence-corrected chi connectivity index (χ1v) is 6.92. The summed E-state index contributed by atoms with van der Waals surface area (Å²) in [6.45, 7) is 1.19. The van der Waals surface area contributed by atoms with Crippen molar-refractivity contribution >= 4 is 5.91 Å². The Bertz CT molecular complexity index is 462. The third-order valence-corrected chi connectivity index (χ3v) is 3.44. The minimum absolute atomic E-state index is 0.0397.